The zero-order valence-electron chi connectivity index (χ0n) is 12.8. The molecule has 0 fully saturated rings. The molecule has 1 heterocycles. The molecule has 2 aromatic carbocycles. The minimum absolute atomic E-state index is 0.232. The zero-order valence-corrected chi connectivity index (χ0v) is 15.2. The molecule has 0 spiro atoms. The van der Waals surface area contributed by atoms with Crippen LogP contribution in [0.15, 0.2) is 76.4 Å². The van der Waals surface area contributed by atoms with E-state index in [2.05, 4.69) is 25.8 Å². The molecule has 0 bridgehead atoms. The Balaban J connectivity index is 1.75. The van der Waals surface area contributed by atoms with E-state index in [0.717, 1.165) is 15.6 Å². The quantitative estimate of drug-likeness (QED) is 0.684. The summed E-state index contributed by atoms with van der Waals surface area (Å²) in [7, 11) is -3.55. The number of sulfonamides is 1. The predicted molar refractivity (Wildman–Crippen MR) is 95.9 cm³/mol. The summed E-state index contributed by atoms with van der Waals surface area (Å²) >= 11 is 3.30. The summed E-state index contributed by atoms with van der Waals surface area (Å²) in [6, 6.07) is 16.2. The molecular weight excluding hydrogens is 390 g/mol. The SMILES string of the molecule is O=S(=O)(NCc1ccccc1Cn1cccn1)c1ccc(Br)cc1. The molecule has 3 rings (SSSR count). The summed E-state index contributed by atoms with van der Waals surface area (Å²) in [5.74, 6) is 0. The monoisotopic (exact) mass is 405 g/mol. The Morgan fingerprint density at radius 2 is 1.71 bits per heavy atom. The summed E-state index contributed by atoms with van der Waals surface area (Å²) in [6.07, 6.45) is 3.60. The number of rotatable bonds is 6. The maximum atomic E-state index is 12.4. The van der Waals surface area contributed by atoms with Crippen LogP contribution in [0.5, 0.6) is 0 Å². The molecule has 1 aromatic heterocycles. The smallest absolute Gasteiger partial charge is 0.240 e. The fourth-order valence-corrected chi connectivity index (χ4v) is 3.59. The van der Waals surface area contributed by atoms with Gasteiger partial charge in [0.05, 0.1) is 11.4 Å². The van der Waals surface area contributed by atoms with Gasteiger partial charge in [-0.2, -0.15) is 5.10 Å². The molecule has 7 heteroatoms. The molecule has 0 saturated carbocycles. The Kier molecular flexibility index (Phi) is 5.13. The van der Waals surface area contributed by atoms with E-state index in [4.69, 9.17) is 0 Å². The van der Waals surface area contributed by atoms with E-state index in [9.17, 15) is 8.42 Å². The van der Waals surface area contributed by atoms with Gasteiger partial charge in [-0.1, -0.05) is 40.2 Å². The molecule has 0 saturated heterocycles. The van der Waals surface area contributed by atoms with Gasteiger partial charge in [0.1, 0.15) is 0 Å². The van der Waals surface area contributed by atoms with Crippen molar-refractivity contribution in [1.29, 1.82) is 0 Å². The minimum Gasteiger partial charge on any atom is -0.268 e. The predicted octanol–water partition coefficient (Wildman–Crippen LogP) is 3.17. The van der Waals surface area contributed by atoms with Crippen LogP contribution < -0.4 is 4.72 Å². The Morgan fingerprint density at radius 1 is 1.00 bits per heavy atom. The van der Waals surface area contributed by atoms with Crippen molar-refractivity contribution in [3.05, 3.63) is 82.6 Å². The van der Waals surface area contributed by atoms with E-state index >= 15 is 0 Å². The van der Waals surface area contributed by atoms with E-state index in [0.29, 0.717) is 6.54 Å². The van der Waals surface area contributed by atoms with Crippen molar-refractivity contribution in [3.63, 3.8) is 0 Å². The number of hydrogen-bond acceptors (Lipinski definition) is 3. The highest BCUT2D eigenvalue weighted by atomic mass is 79.9. The molecule has 0 aliphatic rings. The third-order valence-corrected chi connectivity index (χ3v) is 5.53. The first-order chi connectivity index (χ1) is 11.5. The van der Waals surface area contributed by atoms with Crippen LogP contribution in [0.2, 0.25) is 0 Å². The average Bonchev–Trinajstić information content (AvgIpc) is 3.08. The van der Waals surface area contributed by atoms with Crippen LogP contribution in [0.25, 0.3) is 0 Å². The second-order valence-electron chi connectivity index (χ2n) is 5.25. The molecule has 1 N–H and O–H groups in total. The zero-order chi connectivity index (χ0) is 17.0. The summed E-state index contributed by atoms with van der Waals surface area (Å²) in [5, 5.41) is 4.19. The van der Waals surface area contributed by atoms with Crippen molar-refractivity contribution in [2.24, 2.45) is 0 Å². The Hall–Kier alpha value is -1.96. The lowest BCUT2D eigenvalue weighted by Gasteiger charge is -2.11. The van der Waals surface area contributed by atoms with Crippen LogP contribution >= 0.6 is 15.9 Å². The van der Waals surface area contributed by atoms with Gasteiger partial charge in [-0.15, -0.1) is 0 Å². The Labute approximate surface area is 149 Å². The van der Waals surface area contributed by atoms with E-state index in [1.165, 1.54) is 0 Å². The first kappa shape index (κ1) is 16.9. The third-order valence-electron chi connectivity index (χ3n) is 3.59. The topological polar surface area (TPSA) is 64.0 Å². The number of aromatic nitrogens is 2. The number of nitrogens with one attached hydrogen (secondary N) is 1. The highest BCUT2D eigenvalue weighted by Crippen LogP contribution is 2.16. The standard InChI is InChI=1S/C17H16BrN3O2S/c18-16-6-8-17(9-7-16)24(22,23)20-12-14-4-1-2-5-15(14)13-21-11-3-10-19-21/h1-11,20H,12-13H2. The molecule has 5 nitrogen and oxygen atoms in total. The van der Waals surface area contributed by atoms with E-state index in [-0.39, 0.29) is 11.4 Å². The van der Waals surface area contributed by atoms with E-state index in [1.807, 2.05) is 41.2 Å². The van der Waals surface area contributed by atoms with Crippen molar-refractivity contribution in [1.82, 2.24) is 14.5 Å². The largest absolute Gasteiger partial charge is 0.268 e. The van der Waals surface area contributed by atoms with Gasteiger partial charge in [-0.25, -0.2) is 13.1 Å². The Morgan fingerprint density at radius 3 is 2.38 bits per heavy atom. The fourth-order valence-electron chi connectivity index (χ4n) is 2.32. The number of nitrogens with zero attached hydrogens (tertiary/aromatic N) is 2. The van der Waals surface area contributed by atoms with Crippen molar-refractivity contribution in [2.45, 2.75) is 18.0 Å². The number of hydrogen-bond donors (Lipinski definition) is 1. The summed E-state index contributed by atoms with van der Waals surface area (Å²) in [6.45, 7) is 0.832. The Bertz CT molecular complexity index is 907. The van der Waals surface area contributed by atoms with Crippen LogP contribution in [-0.2, 0) is 23.1 Å². The first-order valence-electron chi connectivity index (χ1n) is 7.34. The fraction of sp³-hybridized carbons (Fsp3) is 0.118. The molecule has 24 heavy (non-hydrogen) atoms. The highest BCUT2D eigenvalue weighted by Gasteiger charge is 2.14. The van der Waals surface area contributed by atoms with Crippen molar-refractivity contribution in [2.75, 3.05) is 0 Å². The third kappa shape index (κ3) is 4.11. The molecule has 0 unspecified atom stereocenters. The van der Waals surface area contributed by atoms with Crippen LogP contribution in [0.1, 0.15) is 11.1 Å². The van der Waals surface area contributed by atoms with E-state index in [1.54, 1.807) is 30.5 Å². The minimum atomic E-state index is -3.55. The molecular formula is C17H16BrN3O2S. The van der Waals surface area contributed by atoms with Crippen molar-refractivity contribution in [3.8, 4) is 0 Å². The molecule has 3 aromatic rings. The van der Waals surface area contributed by atoms with Crippen LogP contribution in [0.3, 0.4) is 0 Å². The van der Waals surface area contributed by atoms with Crippen LogP contribution in [0.4, 0.5) is 0 Å². The molecule has 0 atom stereocenters. The van der Waals surface area contributed by atoms with Gasteiger partial charge < -0.3 is 0 Å². The summed E-state index contributed by atoms with van der Waals surface area (Å²) < 4.78 is 30.1. The van der Waals surface area contributed by atoms with Gasteiger partial charge in [-0.3, -0.25) is 4.68 Å². The molecule has 0 aliphatic carbocycles. The maximum Gasteiger partial charge on any atom is 0.240 e. The maximum absolute atomic E-state index is 12.4. The lowest BCUT2D eigenvalue weighted by Crippen LogP contribution is -2.24. The van der Waals surface area contributed by atoms with Crippen molar-refractivity contribution >= 4 is 26.0 Å². The van der Waals surface area contributed by atoms with E-state index < -0.39 is 10.0 Å². The van der Waals surface area contributed by atoms with Crippen LogP contribution in [0, 0.1) is 0 Å². The van der Waals surface area contributed by atoms with Gasteiger partial charge >= 0.3 is 0 Å². The lowest BCUT2D eigenvalue weighted by atomic mass is 10.1. The highest BCUT2D eigenvalue weighted by molar-refractivity contribution is 9.10. The normalized spacial score (nSPS) is 11.5. The van der Waals surface area contributed by atoms with Crippen molar-refractivity contribution < 1.29 is 8.42 Å². The average molecular weight is 406 g/mol. The number of halogens is 1. The molecule has 0 aliphatic heterocycles. The first-order valence-corrected chi connectivity index (χ1v) is 9.62. The lowest BCUT2D eigenvalue weighted by molar-refractivity contribution is 0.580. The van der Waals surface area contributed by atoms with Gasteiger partial charge in [0.15, 0.2) is 0 Å². The number of benzene rings is 2. The van der Waals surface area contributed by atoms with Crippen LogP contribution in [-0.4, -0.2) is 18.2 Å². The molecule has 0 amide bonds. The second-order valence-corrected chi connectivity index (χ2v) is 7.93. The van der Waals surface area contributed by atoms with Gasteiger partial charge in [0.25, 0.3) is 0 Å². The summed E-state index contributed by atoms with van der Waals surface area (Å²) in [4.78, 5) is 0.246. The van der Waals surface area contributed by atoms with Gasteiger partial charge in [0, 0.05) is 23.4 Å². The second kappa shape index (κ2) is 7.29. The molecule has 124 valence electrons. The van der Waals surface area contributed by atoms with Gasteiger partial charge in [0.2, 0.25) is 10.0 Å². The molecule has 0 radical (unpaired) electrons. The van der Waals surface area contributed by atoms with Gasteiger partial charge in [-0.05, 0) is 41.5 Å². The summed E-state index contributed by atoms with van der Waals surface area (Å²) in [5.41, 5.74) is 1.95.